The maximum absolute atomic E-state index is 10.7. The number of nitriles is 1. The van der Waals surface area contributed by atoms with E-state index in [-0.39, 0.29) is 11.7 Å². The van der Waals surface area contributed by atoms with Gasteiger partial charge in [0.2, 0.25) is 0 Å². The van der Waals surface area contributed by atoms with Crippen molar-refractivity contribution >= 4 is 39.9 Å². The Morgan fingerprint density at radius 2 is 2.11 bits per heavy atom. The van der Waals surface area contributed by atoms with Crippen molar-refractivity contribution in [3.63, 3.8) is 0 Å². The molecule has 2 aliphatic rings. The zero-order valence-electron chi connectivity index (χ0n) is 21.5. The molecule has 0 bridgehead atoms. The van der Waals surface area contributed by atoms with Crippen LogP contribution in [0.1, 0.15) is 75.9 Å². The smallest absolute Gasteiger partial charge is 0.190 e. The molecule has 0 amide bonds. The van der Waals surface area contributed by atoms with Crippen LogP contribution in [0.25, 0.3) is 16.7 Å². The van der Waals surface area contributed by atoms with Gasteiger partial charge in [0.1, 0.15) is 11.6 Å². The number of nitrogens with zero attached hydrogens (tertiary/aromatic N) is 6. The number of aliphatic hydroxyl groups is 1. The van der Waals surface area contributed by atoms with Gasteiger partial charge in [0, 0.05) is 22.6 Å². The molecule has 3 unspecified atom stereocenters. The summed E-state index contributed by atoms with van der Waals surface area (Å²) in [5.74, 6) is 0.410. The molecule has 1 saturated carbocycles. The second-order valence-electron chi connectivity index (χ2n) is 10.5. The van der Waals surface area contributed by atoms with Gasteiger partial charge in [-0.2, -0.15) is 10.4 Å². The first-order valence-corrected chi connectivity index (χ1v) is 13.7. The van der Waals surface area contributed by atoms with Crippen LogP contribution in [0.3, 0.4) is 0 Å². The fourth-order valence-corrected chi connectivity index (χ4v) is 6.31. The van der Waals surface area contributed by atoms with E-state index in [4.69, 9.17) is 28.2 Å². The third-order valence-corrected chi connectivity index (χ3v) is 8.64. The number of halogens is 2. The first-order valence-electron chi connectivity index (χ1n) is 13.0. The summed E-state index contributed by atoms with van der Waals surface area (Å²) in [6, 6.07) is 7.64. The quantitative estimate of drug-likeness (QED) is 0.394. The SMILES string of the molecule is CCN(CC1(O)CCC1)C1CC=C(c2cnc3c(C#N)nn(C(C)c4ccc(Cl)cc4Cl)c3n2)CC1C. The highest BCUT2D eigenvalue weighted by Gasteiger charge is 2.39. The molecule has 2 heterocycles. The maximum atomic E-state index is 10.7. The van der Waals surface area contributed by atoms with E-state index >= 15 is 0 Å². The Morgan fingerprint density at radius 3 is 2.73 bits per heavy atom. The lowest BCUT2D eigenvalue weighted by Gasteiger charge is -2.45. The number of likely N-dealkylation sites (N-methyl/N-ethyl adjacent to an activating group) is 1. The van der Waals surface area contributed by atoms with E-state index in [0.29, 0.717) is 33.2 Å². The summed E-state index contributed by atoms with van der Waals surface area (Å²) in [7, 11) is 0. The first kappa shape index (κ1) is 26.1. The van der Waals surface area contributed by atoms with E-state index in [9.17, 15) is 10.4 Å². The Hall–Kier alpha value is -2.50. The average molecular weight is 540 g/mol. The van der Waals surface area contributed by atoms with Crippen molar-refractivity contribution in [2.45, 2.75) is 70.6 Å². The minimum atomic E-state index is -0.517. The predicted octanol–water partition coefficient (Wildman–Crippen LogP) is 6.03. The number of rotatable bonds is 7. The Labute approximate surface area is 227 Å². The van der Waals surface area contributed by atoms with Crippen LogP contribution in [0.2, 0.25) is 10.0 Å². The molecule has 1 N–H and O–H groups in total. The molecule has 0 aliphatic heterocycles. The van der Waals surface area contributed by atoms with Gasteiger partial charge in [-0.3, -0.25) is 4.90 Å². The van der Waals surface area contributed by atoms with E-state index in [2.05, 4.69) is 41.0 Å². The van der Waals surface area contributed by atoms with Gasteiger partial charge in [-0.15, -0.1) is 0 Å². The Bertz CT molecular complexity index is 1390. The lowest BCUT2D eigenvalue weighted by molar-refractivity contribution is -0.0696. The van der Waals surface area contributed by atoms with Crippen molar-refractivity contribution in [1.29, 1.82) is 5.26 Å². The number of fused-ring (bicyclic) bond motifs is 1. The standard InChI is InChI=1S/C28H32Cl2N6O/c1-4-35(16-28(37)10-5-11-28)25-9-6-19(12-17(25)2)24-15-32-26-23(14-31)34-36(27(26)33-24)18(3)21-8-7-20(29)13-22(21)30/h6-8,13,15,17-18,25,37H,4-5,9-12,16H2,1-3H3. The molecule has 3 atom stereocenters. The predicted molar refractivity (Wildman–Crippen MR) is 147 cm³/mol. The average Bonchev–Trinajstić information content (AvgIpc) is 3.24. The summed E-state index contributed by atoms with van der Waals surface area (Å²) >= 11 is 12.6. The number of aromatic nitrogens is 4. The zero-order chi connectivity index (χ0) is 26.3. The maximum Gasteiger partial charge on any atom is 0.190 e. The van der Waals surface area contributed by atoms with Crippen LogP contribution in [0, 0.1) is 17.2 Å². The molecule has 3 aromatic rings. The van der Waals surface area contributed by atoms with E-state index in [1.807, 2.05) is 13.0 Å². The van der Waals surface area contributed by atoms with E-state index in [1.54, 1.807) is 23.0 Å². The lowest BCUT2D eigenvalue weighted by Crippen LogP contribution is -2.52. The first-order chi connectivity index (χ1) is 17.7. The minimum absolute atomic E-state index is 0.240. The molecule has 194 valence electrons. The van der Waals surface area contributed by atoms with Crippen molar-refractivity contribution in [3.8, 4) is 6.07 Å². The van der Waals surface area contributed by atoms with Crippen LogP contribution in [-0.2, 0) is 0 Å². The number of hydrogen-bond acceptors (Lipinski definition) is 6. The zero-order valence-corrected chi connectivity index (χ0v) is 23.0. The second-order valence-corrected chi connectivity index (χ2v) is 11.4. The molecule has 0 radical (unpaired) electrons. The van der Waals surface area contributed by atoms with Crippen LogP contribution in [0.5, 0.6) is 0 Å². The summed E-state index contributed by atoms with van der Waals surface area (Å²) in [5.41, 5.74) is 3.56. The fraction of sp³-hybridized carbons (Fsp3) is 0.500. The Morgan fingerprint density at radius 1 is 1.32 bits per heavy atom. The number of benzene rings is 1. The van der Waals surface area contributed by atoms with E-state index in [1.165, 1.54) is 0 Å². The van der Waals surface area contributed by atoms with Crippen molar-refractivity contribution < 1.29 is 5.11 Å². The minimum Gasteiger partial charge on any atom is -0.389 e. The van der Waals surface area contributed by atoms with Crippen molar-refractivity contribution in [2.75, 3.05) is 13.1 Å². The monoisotopic (exact) mass is 538 g/mol. The van der Waals surface area contributed by atoms with Gasteiger partial charge < -0.3 is 5.11 Å². The van der Waals surface area contributed by atoms with Gasteiger partial charge >= 0.3 is 0 Å². The third kappa shape index (κ3) is 5.00. The van der Waals surface area contributed by atoms with Crippen molar-refractivity contribution in [3.05, 3.63) is 57.5 Å². The van der Waals surface area contributed by atoms with Crippen LogP contribution in [-0.4, -0.2) is 54.5 Å². The summed E-state index contributed by atoms with van der Waals surface area (Å²) in [5, 5.41) is 26.1. The molecular formula is C28H32Cl2N6O. The normalized spacial score (nSPS) is 21.9. The molecule has 37 heavy (non-hydrogen) atoms. The largest absolute Gasteiger partial charge is 0.389 e. The fourth-order valence-electron chi connectivity index (χ4n) is 5.74. The topological polar surface area (TPSA) is 90.9 Å². The molecule has 7 nitrogen and oxygen atoms in total. The van der Waals surface area contributed by atoms with Crippen LogP contribution < -0.4 is 0 Å². The summed E-state index contributed by atoms with van der Waals surface area (Å²) in [6.07, 6.45) is 8.71. The highest BCUT2D eigenvalue weighted by Crippen LogP contribution is 2.37. The molecule has 1 fully saturated rings. The molecule has 5 rings (SSSR count). The Kier molecular flexibility index (Phi) is 7.30. The highest BCUT2D eigenvalue weighted by atomic mass is 35.5. The van der Waals surface area contributed by atoms with Gasteiger partial charge in [0.15, 0.2) is 11.3 Å². The molecule has 1 aromatic carbocycles. The molecule has 2 aliphatic carbocycles. The van der Waals surface area contributed by atoms with Crippen molar-refractivity contribution in [2.24, 2.45) is 5.92 Å². The second kappa shape index (κ2) is 10.3. The molecule has 9 heteroatoms. The molecule has 0 spiro atoms. The summed E-state index contributed by atoms with van der Waals surface area (Å²) in [4.78, 5) is 12.0. The highest BCUT2D eigenvalue weighted by molar-refractivity contribution is 6.35. The lowest BCUT2D eigenvalue weighted by atomic mass is 9.78. The molecule has 2 aromatic heterocycles. The summed E-state index contributed by atoms with van der Waals surface area (Å²) < 4.78 is 1.73. The van der Waals surface area contributed by atoms with Crippen LogP contribution >= 0.6 is 23.2 Å². The van der Waals surface area contributed by atoms with E-state index in [0.717, 1.165) is 62.0 Å². The van der Waals surface area contributed by atoms with Crippen molar-refractivity contribution in [1.82, 2.24) is 24.6 Å². The van der Waals surface area contributed by atoms with Crippen LogP contribution in [0.4, 0.5) is 0 Å². The van der Waals surface area contributed by atoms with E-state index < -0.39 is 5.60 Å². The Balaban J connectivity index is 1.45. The number of hydrogen-bond donors (Lipinski definition) is 1. The van der Waals surface area contributed by atoms with Gasteiger partial charge in [-0.25, -0.2) is 14.6 Å². The van der Waals surface area contributed by atoms with Gasteiger partial charge in [-0.05, 0) is 74.8 Å². The van der Waals surface area contributed by atoms with Crippen LogP contribution in [0.15, 0.2) is 30.5 Å². The molecular weight excluding hydrogens is 507 g/mol. The van der Waals surface area contributed by atoms with Gasteiger partial charge in [-0.1, -0.05) is 49.2 Å². The molecule has 0 saturated heterocycles. The van der Waals surface area contributed by atoms with Gasteiger partial charge in [0.25, 0.3) is 0 Å². The number of allylic oxidation sites excluding steroid dienone is 1. The summed E-state index contributed by atoms with van der Waals surface area (Å²) in [6.45, 7) is 8.09. The third-order valence-electron chi connectivity index (χ3n) is 8.08. The van der Waals surface area contributed by atoms with Gasteiger partial charge in [0.05, 0.1) is 23.5 Å².